The Kier molecular flexibility index (Phi) is 4.25. The van der Waals surface area contributed by atoms with Gasteiger partial charge in [0.25, 0.3) is 0 Å². The summed E-state index contributed by atoms with van der Waals surface area (Å²) >= 11 is 0. The second-order valence-electron chi connectivity index (χ2n) is 4.26. The minimum atomic E-state index is 0.183. The minimum Gasteiger partial charge on any atom is -0.395 e. The Morgan fingerprint density at radius 2 is 2.18 bits per heavy atom. The fraction of sp³-hybridized carbons (Fsp3) is 0.462. The van der Waals surface area contributed by atoms with Crippen molar-refractivity contribution in [3.63, 3.8) is 0 Å². The lowest BCUT2D eigenvalue weighted by Crippen LogP contribution is -2.46. The molecule has 0 saturated carbocycles. The Morgan fingerprint density at radius 1 is 1.41 bits per heavy atom. The first-order valence-corrected chi connectivity index (χ1v) is 5.96. The Hall–Kier alpha value is -1.23. The Morgan fingerprint density at radius 3 is 2.82 bits per heavy atom. The molecule has 1 atom stereocenters. The number of piperazine rings is 1. The largest absolute Gasteiger partial charge is 0.395 e. The van der Waals surface area contributed by atoms with Gasteiger partial charge in [0.05, 0.1) is 6.61 Å². The molecule has 4 heteroatoms. The highest BCUT2D eigenvalue weighted by Gasteiger charge is 2.22. The molecule has 1 unspecified atom stereocenters. The Labute approximate surface area is 101 Å². The number of β-amino-alcohol motifs (C(OH)–C–C–N with tert-alkyl or cyclic N) is 1. The third kappa shape index (κ3) is 2.91. The van der Waals surface area contributed by atoms with Crippen molar-refractivity contribution < 1.29 is 9.90 Å². The molecule has 0 amide bonds. The van der Waals surface area contributed by atoms with Crippen molar-refractivity contribution in [1.29, 1.82) is 0 Å². The molecule has 2 N–H and O–H groups in total. The fourth-order valence-corrected chi connectivity index (χ4v) is 2.27. The van der Waals surface area contributed by atoms with Crippen molar-refractivity contribution in [2.24, 2.45) is 0 Å². The van der Waals surface area contributed by atoms with Gasteiger partial charge in [0.1, 0.15) is 6.29 Å². The predicted octanol–water partition coefficient (Wildman–Crippen LogP) is 0.438. The summed E-state index contributed by atoms with van der Waals surface area (Å²) in [6, 6.07) is 7.95. The molecule has 92 valence electrons. The highest BCUT2D eigenvalue weighted by molar-refractivity contribution is 5.74. The lowest BCUT2D eigenvalue weighted by molar-refractivity contribution is 0.112. The maximum atomic E-state index is 10.6. The molecule has 4 nitrogen and oxygen atoms in total. The number of nitrogens with zero attached hydrogens (tertiary/aromatic N) is 1. The third-order valence-corrected chi connectivity index (χ3v) is 3.20. The maximum Gasteiger partial charge on any atom is 0.150 e. The van der Waals surface area contributed by atoms with Crippen LogP contribution in [0.1, 0.15) is 22.0 Å². The molecular weight excluding hydrogens is 216 g/mol. The van der Waals surface area contributed by atoms with E-state index >= 15 is 0 Å². The fourth-order valence-electron chi connectivity index (χ4n) is 2.27. The van der Waals surface area contributed by atoms with Crippen molar-refractivity contribution in [3.8, 4) is 0 Å². The molecular formula is C13H18N2O2. The topological polar surface area (TPSA) is 52.6 Å². The average Bonchev–Trinajstić information content (AvgIpc) is 2.40. The van der Waals surface area contributed by atoms with Gasteiger partial charge in [0.15, 0.2) is 0 Å². The zero-order chi connectivity index (χ0) is 12.1. The van der Waals surface area contributed by atoms with E-state index in [9.17, 15) is 4.79 Å². The highest BCUT2D eigenvalue weighted by atomic mass is 16.3. The lowest BCUT2D eigenvalue weighted by Gasteiger charge is -2.36. The molecule has 0 spiro atoms. The second-order valence-corrected chi connectivity index (χ2v) is 4.26. The van der Waals surface area contributed by atoms with Gasteiger partial charge in [0, 0.05) is 37.8 Å². The number of rotatable bonds is 4. The summed E-state index contributed by atoms with van der Waals surface area (Å²) < 4.78 is 0. The molecule has 1 aliphatic rings. The van der Waals surface area contributed by atoms with E-state index in [1.165, 1.54) is 5.56 Å². The number of aldehydes is 1. The maximum absolute atomic E-state index is 10.6. The number of nitrogens with one attached hydrogen (secondary N) is 1. The summed E-state index contributed by atoms with van der Waals surface area (Å²) in [5.74, 6) is 0. The molecule has 1 heterocycles. The van der Waals surface area contributed by atoms with Gasteiger partial charge in [0.2, 0.25) is 0 Å². The molecule has 1 fully saturated rings. The van der Waals surface area contributed by atoms with Crippen molar-refractivity contribution in [2.45, 2.75) is 6.04 Å². The van der Waals surface area contributed by atoms with Crippen LogP contribution in [-0.4, -0.2) is 49.1 Å². The normalized spacial score (nSPS) is 21.4. The number of benzene rings is 1. The summed E-state index contributed by atoms with van der Waals surface area (Å²) in [5.41, 5.74) is 1.89. The number of hydrogen-bond donors (Lipinski definition) is 2. The second kappa shape index (κ2) is 5.91. The zero-order valence-electron chi connectivity index (χ0n) is 9.80. The summed E-state index contributed by atoms with van der Waals surface area (Å²) in [6.45, 7) is 3.68. The average molecular weight is 234 g/mol. The van der Waals surface area contributed by atoms with E-state index in [1.54, 1.807) is 0 Å². The first kappa shape index (κ1) is 12.2. The molecule has 1 saturated heterocycles. The van der Waals surface area contributed by atoms with Crippen LogP contribution in [0.25, 0.3) is 0 Å². The van der Waals surface area contributed by atoms with Crippen LogP contribution in [0.15, 0.2) is 24.3 Å². The number of aliphatic hydroxyl groups excluding tert-OH is 1. The summed E-state index contributed by atoms with van der Waals surface area (Å²) in [7, 11) is 0. The molecule has 1 aromatic carbocycles. The molecule has 17 heavy (non-hydrogen) atoms. The number of carbonyl (C=O) groups is 1. The monoisotopic (exact) mass is 234 g/mol. The van der Waals surface area contributed by atoms with Crippen molar-refractivity contribution in [3.05, 3.63) is 35.4 Å². The minimum absolute atomic E-state index is 0.183. The van der Waals surface area contributed by atoms with Gasteiger partial charge in [-0.05, 0) is 5.56 Å². The van der Waals surface area contributed by atoms with Gasteiger partial charge >= 0.3 is 0 Å². The summed E-state index contributed by atoms with van der Waals surface area (Å²) in [4.78, 5) is 12.9. The Bertz CT molecular complexity index is 362. The number of aliphatic hydroxyl groups is 1. The summed E-state index contributed by atoms with van der Waals surface area (Å²) in [5, 5.41) is 12.4. The van der Waals surface area contributed by atoms with Crippen LogP contribution >= 0.6 is 0 Å². The first-order valence-electron chi connectivity index (χ1n) is 5.96. The third-order valence-electron chi connectivity index (χ3n) is 3.20. The Balaban J connectivity index is 2.14. The van der Waals surface area contributed by atoms with Crippen LogP contribution in [-0.2, 0) is 0 Å². The van der Waals surface area contributed by atoms with Crippen LogP contribution in [0.2, 0.25) is 0 Å². The molecule has 0 radical (unpaired) electrons. The molecule has 1 aliphatic heterocycles. The molecule has 1 aromatic rings. The van der Waals surface area contributed by atoms with Crippen molar-refractivity contribution >= 4 is 6.29 Å². The molecule has 0 aliphatic carbocycles. The predicted molar refractivity (Wildman–Crippen MR) is 66.1 cm³/mol. The van der Waals surface area contributed by atoms with E-state index in [4.69, 9.17) is 5.11 Å². The molecule has 0 aromatic heterocycles. The lowest BCUT2D eigenvalue weighted by atomic mass is 10.0. The van der Waals surface area contributed by atoms with Crippen molar-refractivity contribution in [1.82, 2.24) is 10.2 Å². The zero-order valence-corrected chi connectivity index (χ0v) is 9.80. The highest BCUT2D eigenvalue weighted by Crippen LogP contribution is 2.21. The van der Waals surface area contributed by atoms with E-state index in [2.05, 4.69) is 10.2 Å². The number of carbonyl (C=O) groups excluding carboxylic acids is 1. The summed E-state index contributed by atoms with van der Waals surface area (Å²) in [6.07, 6.45) is 0.856. The number of hydrogen-bond acceptors (Lipinski definition) is 4. The van der Waals surface area contributed by atoms with Crippen LogP contribution in [0.3, 0.4) is 0 Å². The van der Waals surface area contributed by atoms with Crippen LogP contribution < -0.4 is 5.32 Å². The standard InChI is InChI=1S/C13H18N2O2/c16-8-7-15-6-5-14-9-13(15)12-3-1-11(10-17)2-4-12/h1-4,10,13-14,16H,5-9H2. The van der Waals surface area contributed by atoms with Gasteiger partial charge in [-0.1, -0.05) is 24.3 Å². The van der Waals surface area contributed by atoms with Gasteiger partial charge in [-0.25, -0.2) is 0 Å². The van der Waals surface area contributed by atoms with Gasteiger partial charge in [-0.2, -0.15) is 0 Å². The van der Waals surface area contributed by atoms with E-state index < -0.39 is 0 Å². The smallest absolute Gasteiger partial charge is 0.150 e. The van der Waals surface area contributed by atoms with E-state index in [-0.39, 0.29) is 12.6 Å². The van der Waals surface area contributed by atoms with E-state index in [0.29, 0.717) is 12.1 Å². The van der Waals surface area contributed by atoms with Gasteiger partial charge in [-0.15, -0.1) is 0 Å². The SMILES string of the molecule is O=Cc1ccc(C2CNCCN2CCO)cc1. The van der Waals surface area contributed by atoms with Gasteiger partial charge in [-0.3, -0.25) is 9.69 Å². The molecule has 0 bridgehead atoms. The van der Waals surface area contributed by atoms with E-state index in [1.807, 2.05) is 24.3 Å². The van der Waals surface area contributed by atoms with Crippen molar-refractivity contribution in [2.75, 3.05) is 32.8 Å². The van der Waals surface area contributed by atoms with Crippen LogP contribution in [0, 0.1) is 0 Å². The van der Waals surface area contributed by atoms with E-state index in [0.717, 1.165) is 25.9 Å². The first-order chi connectivity index (χ1) is 8.35. The quantitative estimate of drug-likeness (QED) is 0.742. The van der Waals surface area contributed by atoms with Crippen LogP contribution in [0.4, 0.5) is 0 Å². The van der Waals surface area contributed by atoms with Crippen LogP contribution in [0.5, 0.6) is 0 Å². The van der Waals surface area contributed by atoms with Gasteiger partial charge < -0.3 is 10.4 Å². The molecule has 2 rings (SSSR count).